The Balaban J connectivity index is 1.14. The van der Waals surface area contributed by atoms with Crippen LogP contribution < -0.4 is 0 Å². The third kappa shape index (κ3) is 2.89. The van der Waals surface area contributed by atoms with Crippen LogP contribution in [0.5, 0.6) is 0 Å². The zero-order chi connectivity index (χ0) is 16.7. The highest BCUT2D eigenvalue weighted by Gasteiger charge is 2.55. The molecule has 3 heteroatoms. The SMILES string of the molecule is CC1CC2OC2CC1C[C]1CCC2OC2C1CC1CC2OC2CC1C. The Morgan fingerprint density at radius 1 is 0.760 bits per heavy atom. The first kappa shape index (κ1) is 15.9. The molecule has 3 saturated carbocycles. The molecule has 3 heterocycles. The average molecular weight is 346 g/mol. The molecular weight excluding hydrogens is 312 g/mol. The number of epoxide rings is 3. The second kappa shape index (κ2) is 5.69. The minimum absolute atomic E-state index is 0.567. The first-order valence-electron chi connectivity index (χ1n) is 11.0. The van der Waals surface area contributed by atoms with Gasteiger partial charge in [-0.1, -0.05) is 13.8 Å². The van der Waals surface area contributed by atoms with Crippen LogP contribution in [0, 0.1) is 35.5 Å². The lowest BCUT2D eigenvalue weighted by molar-refractivity contribution is 0.190. The summed E-state index contributed by atoms with van der Waals surface area (Å²) in [6.07, 6.45) is 14.2. The van der Waals surface area contributed by atoms with Crippen LogP contribution in [0.3, 0.4) is 0 Å². The summed E-state index contributed by atoms with van der Waals surface area (Å²) in [4.78, 5) is 0. The normalized spacial score (nSPS) is 59.5. The Morgan fingerprint density at radius 3 is 2.16 bits per heavy atom. The highest BCUT2D eigenvalue weighted by Crippen LogP contribution is 2.54. The number of rotatable bonds is 4. The van der Waals surface area contributed by atoms with Gasteiger partial charge in [0.15, 0.2) is 0 Å². The molecule has 3 aliphatic heterocycles. The van der Waals surface area contributed by atoms with Gasteiger partial charge >= 0.3 is 0 Å². The Bertz CT molecular complexity index is 535. The highest BCUT2D eigenvalue weighted by molar-refractivity contribution is 5.14. The largest absolute Gasteiger partial charge is 0.370 e. The molecule has 0 aromatic carbocycles. The van der Waals surface area contributed by atoms with E-state index < -0.39 is 0 Å². The van der Waals surface area contributed by atoms with Gasteiger partial charge in [-0.05, 0) is 86.9 Å². The van der Waals surface area contributed by atoms with Crippen LogP contribution in [0.15, 0.2) is 0 Å². The molecule has 25 heavy (non-hydrogen) atoms. The summed E-state index contributed by atoms with van der Waals surface area (Å²) >= 11 is 0. The van der Waals surface area contributed by atoms with E-state index in [2.05, 4.69) is 13.8 Å². The molecule has 3 nitrogen and oxygen atoms in total. The molecule has 0 N–H and O–H groups in total. The number of hydrogen-bond acceptors (Lipinski definition) is 3. The first-order chi connectivity index (χ1) is 12.2. The Morgan fingerprint density at radius 2 is 1.40 bits per heavy atom. The fraction of sp³-hybridized carbons (Fsp3) is 0.955. The zero-order valence-electron chi connectivity index (χ0n) is 15.7. The fourth-order valence-corrected chi connectivity index (χ4v) is 6.69. The predicted octanol–water partition coefficient (Wildman–Crippen LogP) is 4.15. The lowest BCUT2D eigenvalue weighted by atomic mass is 9.65. The molecule has 11 unspecified atom stereocenters. The molecule has 0 aromatic heterocycles. The van der Waals surface area contributed by atoms with Gasteiger partial charge in [0.1, 0.15) is 0 Å². The summed E-state index contributed by atoms with van der Waals surface area (Å²) in [5.74, 6) is 5.98. The van der Waals surface area contributed by atoms with Crippen molar-refractivity contribution in [2.24, 2.45) is 29.6 Å². The highest BCUT2D eigenvalue weighted by atomic mass is 16.6. The number of ether oxygens (including phenoxy) is 3. The van der Waals surface area contributed by atoms with Crippen molar-refractivity contribution in [2.45, 2.75) is 102 Å². The second-order valence-corrected chi connectivity index (χ2v) is 10.2. The molecule has 3 saturated heterocycles. The van der Waals surface area contributed by atoms with E-state index in [0.717, 1.165) is 29.6 Å². The van der Waals surface area contributed by atoms with Crippen LogP contribution in [0.2, 0.25) is 0 Å². The molecular formula is C22H33O3. The van der Waals surface area contributed by atoms with Crippen LogP contribution in [0.4, 0.5) is 0 Å². The van der Waals surface area contributed by atoms with Crippen molar-refractivity contribution in [1.82, 2.24) is 0 Å². The van der Waals surface area contributed by atoms with Crippen molar-refractivity contribution in [2.75, 3.05) is 0 Å². The van der Waals surface area contributed by atoms with Crippen LogP contribution in [-0.4, -0.2) is 36.6 Å². The quantitative estimate of drug-likeness (QED) is 0.719. The maximum Gasteiger partial charge on any atom is 0.0875 e. The summed E-state index contributed by atoms with van der Waals surface area (Å²) in [5.41, 5.74) is 0. The molecule has 6 fully saturated rings. The van der Waals surface area contributed by atoms with Crippen LogP contribution in [-0.2, 0) is 14.2 Å². The van der Waals surface area contributed by atoms with Crippen molar-refractivity contribution in [3.63, 3.8) is 0 Å². The van der Waals surface area contributed by atoms with E-state index >= 15 is 0 Å². The van der Waals surface area contributed by atoms with Gasteiger partial charge < -0.3 is 14.2 Å². The molecule has 0 bridgehead atoms. The molecule has 139 valence electrons. The van der Waals surface area contributed by atoms with E-state index in [1.807, 2.05) is 5.92 Å². The van der Waals surface area contributed by atoms with Crippen LogP contribution in [0.25, 0.3) is 0 Å². The maximum absolute atomic E-state index is 6.10. The van der Waals surface area contributed by atoms with Crippen LogP contribution >= 0.6 is 0 Å². The molecule has 0 aromatic rings. The Kier molecular flexibility index (Phi) is 3.62. The third-order valence-corrected chi connectivity index (χ3v) is 8.64. The van der Waals surface area contributed by atoms with Crippen molar-refractivity contribution in [3.05, 3.63) is 5.92 Å². The van der Waals surface area contributed by atoms with Crippen molar-refractivity contribution in [1.29, 1.82) is 0 Å². The van der Waals surface area contributed by atoms with Crippen LogP contribution in [0.1, 0.15) is 65.2 Å². The summed E-state index contributed by atoms with van der Waals surface area (Å²) in [7, 11) is 0. The molecule has 0 amide bonds. The van der Waals surface area contributed by atoms with Gasteiger partial charge in [-0.25, -0.2) is 0 Å². The van der Waals surface area contributed by atoms with Crippen molar-refractivity contribution >= 4 is 0 Å². The smallest absolute Gasteiger partial charge is 0.0875 e. The van der Waals surface area contributed by atoms with E-state index in [1.165, 1.54) is 51.4 Å². The van der Waals surface area contributed by atoms with Gasteiger partial charge in [-0.2, -0.15) is 0 Å². The summed E-state index contributed by atoms with van der Waals surface area (Å²) in [6, 6.07) is 0. The molecule has 6 rings (SSSR count). The Labute approximate surface area is 152 Å². The number of hydrogen-bond donors (Lipinski definition) is 0. The summed E-state index contributed by atoms with van der Waals surface area (Å²) < 4.78 is 17.8. The molecule has 3 aliphatic carbocycles. The van der Waals surface area contributed by atoms with E-state index in [-0.39, 0.29) is 0 Å². The Hall–Kier alpha value is -0.120. The second-order valence-electron chi connectivity index (χ2n) is 10.2. The molecule has 11 atom stereocenters. The third-order valence-electron chi connectivity index (χ3n) is 8.64. The van der Waals surface area contributed by atoms with E-state index in [0.29, 0.717) is 36.6 Å². The standard InChI is InChI=1S/C22H33O3/c1-11-5-18-20(23-18)9-14(11)7-13-3-4-17-22(25-17)16(13)8-15-10-21-19(24-21)6-12(15)2/h11-12,14-22H,3-10H2,1-2H3. The minimum Gasteiger partial charge on any atom is -0.370 e. The first-order valence-corrected chi connectivity index (χ1v) is 11.0. The molecule has 6 aliphatic rings. The number of fused-ring (bicyclic) bond motifs is 3. The summed E-state index contributed by atoms with van der Waals surface area (Å²) in [6.45, 7) is 4.93. The van der Waals surface area contributed by atoms with Crippen molar-refractivity contribution in [3.8, 4) is 0 Å². The topological polar surface area (TPSA) is 37.6 Å². The van der Waals surface area contributed by atoms with Gasteiger partial charge in [0.2, 0.25) is 0 Å². The molecule has 0 spiro atoms. The predicted molar refractivity (Wildman–Crippen MR) is 95.0 cm³/mol. The lowest BCUT2D eigenvalue weighted by Gasteiger charge is -2.38. The fourth-order valence-electron chi connectivity index (χ4n) is 6.69. The van der Waals surface area contributed by atoms with Gasteiger partial charge in [0.25, 0.3) is 0 Å². The monoisotopic (exact) mass is 345 g/mol. The maximum atomic E-state index is 6.10. The van der Waals surface area contributed by atoms with E-state index in [4.69, 9.17) is 14.2 Å². The minimum atomic E-state index is 0.567. The van der Waals surface area contributed by atoms with E-state index in [1.54, 1.807) is 0 Å². The zero-order valence-corrected chi connectivity index (χ0v) is 15.7. The molecule has 1 radical (unpaired) electrons. The van der Waals surface area contributed by atoms with E-state index in [9.17, 15) is 0 Å². The van der Waals surface area contributed by atoms with Gasteiger partial charge in [-0.3, -0.25) is 0 Å². The van der Waals surface area contributed by atoms with Gasteiger partial charge in [0.05, 0.1) is 36.6 Å². The van der Waals surface area contributed by atoms with Gasteiger partial charge in [-0.15, -0.1) is 0 Å². The lowest BCUT2D eigenvalue weighted by Crippen LogP contribution is -2.34. The van der Waals surface area contributed by atoms with Crippen molar-refractivity contribution < 1.29 is 14.2 Å². The summed E-state index contributed by atoms with van der Waals surface area (Å²) in [5, 5.41) is 0. The average Bonchev–Trinajstić information content (AvgIpc) is 3.44. The van der Waals surface area contributed by atoms with Gasteiger partial charge in [0, 0.05) is 0 Å².